The maximum absolute atomic E-state index is 12.6. The highest BCUT2D eigenvalue weighted by Gasteiger charge is 2.17. The van der Waals surface area contributed by atoms with Gasteiger partial charge in [0.1, 0.15) is 5.82 Å². The van der Waals surface area contributed by atoms with Crippen LogP contribution in [0.15, 0.2) is 23.0 Å². The molecule has 2 rings (SSSR count). The fourth-order valence-electron chi connectivity index (χ4n) is 2.52. The van der Waals surface area contributed by atoms with E-state index in [1.807, 2.05) is 6.92 Å². The van der Waals surface area contributed by atoms with Crippen LogP contribution in [0.1, 0.15) is 45.5 Å². The average Bonchev–Trinajstić information content (AvgIpc) is 2.48. The molecule has 1 aromatic carbocycles. The zero-order valence-electron chi connectivity index (χ0n) is 12.8. The molecular weight excluding hydrogens is 286 g/mol. The number of hydrogen-bond donors (Lipinski definition) is 1. The molecule has 4 nitrogen and oxygen atoms in total. The third-order valence-electron chi connectivity index (χ3n) is 3.62. The Morgan fingerprint density at radius 2 is 2.10 bits per heavy atom. The molecule has 114 valence electrons. The zero-order chi connectivity index (χ0) is 15.4. The molecule has 1 atom stereocenters. The van der Waals surface area contributed by atoms with Gasteiger partial charge in [0.25, 0.3) is 5.56 Å². The van der Waals surface area contributed by atoms with E-state index in [1.54, 1.807) is 22.8 Å². The fourth-order valence-corrected chi connectivity index (χ4v) is 2.69. The molecule has 1 N–H and O–H groups in total. The van der Waals surface area contributed by atoms with Crippen molar-refractivity contribution < 1.29 is 0 Å². The quantitative estimate of drug-likeness (QED) is 0.888. The molecule has 5 heteroatoms. The summed E-state index contributed by atoms with van der Waals surface area (Å²) in [5, 5.41) is 4.68. The summed E-state index contributed by atoms with van der Waals surface area (Å²) in [6, 6.07) is 5.33. The molecule has 0 unspecified atom stereocenters. The highest BCUT2D eigenvalue weighted by molar-refractivity contribution is 6.31. The van der Waals surface area contributed by atoms with Gasteiger partial charge in [-0.3, -0.25) is 9.36 Å². The van der Waals surface area contributed by atoms with E-state index in [0.717, 1.165) is 25.2 Å². The van der Waals surface area contributed by atoms with Crippen LogP contribution in [0.4, 0.5) is 0 Å². The van der Waals surface area contributed by atoms with Crippen molar-refractivity contribution in [2.24, 2.45) is 0 Å². The Kier molecular flexibility index (Phi) is 5.37. The molecule has 1 aromatic heterocycles. The average molecular weight is 308 g/mol. The molecule has 0 saturated carbocycles. The third kappa shape index (κ3) is 3.27. The Balaban J connectivity index is 2.63. The number of nitrogens with zero attached hydrogens (tertiary/aromatic N) is 2. The van der Waals surface area contributed by atoms with Gasteiger partial charge in [-0.15, -0.1) is 0 Å². The lowest BCUT2D eigenvalue weighted by Crippen LogP contribution is -2.32. The number of nitrogens with one attached hydrogen (secondary N) is 1. The van der Waals surface area contributed by atoms with E-state index in [0.29, 0.717) is 22.5 Å². The maximum Gasteiger partial charge on any atom is 0.261 e. The zero-order valence-corrected chi connectivity index (χ0v) is 13.6. The molecule has 1 heterocycles. The van der Waals surface area contributed by atoms with E-state index >= 15 is 0 Å². The van der Waals surface area contributed by atoms with Crippen molar-refractivity contribution in [2.75, 3.05) is 6.54 Å². The van der Waals surface area contributed by atoms with Gasteiger partial charge in [0.05, 0.1) is 16.9 Å². The molecule has 0 aliphatic carbocycles. The lowest BCUT2D eigenvalue weighted by Gasteiger charge is -2.20. The first-order valence-electron chi connectivity index (χ1n) is 7.55. The monoisotopic (exact) mass is 307 g/mol. The van der Waals surface area contributed by atoms with Crippen molar-refractivity contribution in [2.45, 2.75) is 46.2 Å². The van der Waals surface area contributed by atoms with Gasteiger partial charge in [-0.1, -0.05) is 25.4 Å². The highest BCUT2D eigenvalue weighted by Crippen LogP contribution is 2.19. The molecule has 0 bridgehead atoms. The van der Waals surface area contributed by atoms with E-state index in [4.69, 9.17) is 16.6 Å². The Labute approximate surface area is 130 Å². The van der Waals surface area contributed by atoms with Crippen LogP contribution in [-0.2, 0) is 6.54 Å². The van der Waals surface area contributed by atoms with Gasteiger partial charge in [-0.05, 0) is 44.5 Å². The van der Waals surface area contributed by atoms with Crippen molar-refractivity contribution >= 4 is 22.5 Å². The van der Waals surface area contributed by atoms with E-state index in [9.17, 15) is 4.79 Å². The van der Waals surface area contributed by atoms with E-state index < -0.39 is 0 Å². The van der Waals surface area contributed by atoms with Gasteiger partial charge in [-0.25, -0.2) is 4.98 Å². The fraction of sp³-hybridized carbons (Fsp3) is 0.500. The molecule has 0 fully saturated rings. The molecule has 2 aromatic rings. The first-order chi connectivity index (χ1) is 10.1. The van der Waals surface area contributed by atoms with Gasteiger partial charge < -0.3 is 5.32 Å². The van der Waals surface area contributed by atoms with Crippen molar-refractivity contribution in [1.29, 1.82) is 0 Å². The topological polar surface area (TPSA) is 46.9 Å². The number of fused-ring (bicyclic) bond motifs is 1. The van der Waals surface area contributed by atoms with Crippen LogP contribution < -0.4 is 10.9 Å². The molecule has 0 aliphatic rings. The van der Waals surface area contributed by atoms with E-state index in [1.165, 1.54) is 0 Å². The summed E-state index contributed by atoms with van der Waals surface area (Å²) < 4.78 is 1.76. The molecule has 0 radical (unpaired) electrons. The van der Waals surface area contributed by atoms with E-state index in [2.05, 4.69) is 19.2 Å². The van der Waals surface area contributed by atoms with E-state index in [-0.39, 0.29) is 11.6 Å². The SMILES string of the molecule is CCCN[C@H](CC)c1nc2cc(Cl)ccc2c(=O)n1CC. The summed E-state index contributed by atoms with van der Waals surface area (Å²) >= 11 is 6.03. The minimum Gasteiger partial charge on any atom is -0.307 e. The standard InChI is InChI=1S/C16H22ClN3O/c1-4-9-18-13(5-2)15-19-14-10-11(17)7-8-12(14)16(21)20(15)6-3/h7-8,10,13,18H,4-6,9H2,1-3H3/t13-/m1/s1. The van der Waals surface area contributed by atoms with Crippen LogP contribution in [0.25, 0.3) is 10.9 Å². The van der Waals surface area contributed by atoms with Crippen LogP contribution in [0.3, 0.4) is 0 Å². The largest absolute Gasteiger partial charge is 0.307 e. The lowest BCUT2D eigenvalue weighted by molar-refractivity contribution is 0.464. The molecule has 21 heavy (non-hydrogen) atoms. The minimum absolute atomic E-state index is 0.00548. The van der Waals surface area contributed by atoms with Crippen LogP contribution in [0.5, 0.6) is 0 Å². The number of rotatable bonds is 6. The van der Waals surface area contributed by atoms with Crippen LogP contribution in [0.2, 0.25) is 5.02 Å². The molecule has 0 saturated heterocycles. The van der Waals surface area contributed by atoms with Crippen molar-refractivity contribution in [3.05, 3.63) is 39.4 Å². The normalized spacial score (nSPS) is 12.8. The second-order valence-electron chi connectivity index (χ2n) is 5.10. The Hall–Kier alpha value is -1.39. The van der Waals surface area contributed by atoms with Gasteiger partial charge >= 0.3 is 0 Å². The summed E-state index contributed by atoms with van der Waals surface area (Å²) in [7, 11) is 0. The molecule has 0 amide bonds. The molecular formula is C16H22ClN3O. The number of aromatic nitrogens is 2. The second kappa shape index (κ2) is 7.05. The summed E-state index contributed by atoms with van der Waals surface area (Å²) in [5.74, 6) is 0.799. The Bertz CT molecular complexity index is 681. The number of halogens is 1. The van der Waals surface area contributed by atoms with Gasteiger partial charge in [-0.2, -0.15) is 0 Å². The maximum atomic E-state index is 12.6. The first-order valence-corrected chi connectivity index (χ1v) is 7.93. The number of benzene rings is 1. The van der Waals surface area contributed by atoms with Gasteiger partial charge in [0, 0.05) is 11.6 Å². The van der Waals surface area contributed by atoms with Crippen molar-refractivity contribution in [3.8, 4) is 0 Å². The third-order valence-corrected chi connectivity index (χ3v) is 3.86. The van der Waals surface area contributed by atoms with Crippen molar-refractivity contribution in [3.63, 3.8) is 0 Å². The molecule has 0 aliphatic heterocycles. The molecule has 0 spiro atoms. The smallest absolute Gasteiger partial charge is 0.261 e. The summed E-state index contributed by atoms with van der Waals surface area (Å²) in [4.78, 5) is 17.3. The highest BCUT2D eigenvalue weighted by atomic mass is 35.5. The van der Waals surface area contributed by atoms with Crippen LogP contribution in [-0.4, -0.2) is 16.1 Å². The Morgan fingerprint density at radius 3 is 2.71 bits per heavy atom. The predicted octanol–water partition coefficient (Wildman–Crippen LogP) is 3.52. The van der Waals surface area contributed by atoms with Crippen LogP contribution in [0, 0.1) is 0 Å². The Morgan fingerprint density at radius 1 is 1.33 bits per heavy atom. The summed E-state index contributed by atoms with van der Waals surface area (Å²) in [6.45, 7) is 7.72. The van der Waals surface area contributed by atoms with Crippen LogP contribution >= 0.6 is 11.6 Å². The first kappa shape index (κ1) is 16.0. The van der Waals surface area contributed by atoms with Gasteiger partial charge in [0.2, 0.25) is 0 Å². The summed E-state index contributed by atoms with van der Waals surface area (Å²) in [5.41, 5.74) is 0.676. The number of hydrogen-bond acceptors (Lipinski definition) is 3. The van der Waals surface area contributed by atoms with Crippen molar-refractivity contribution in [1.82, 2.24) is 14.9 Å². The van der Waals surface area contributed by atoms with Gasteiger partial charge in [0.15, 0.2) is 0 Å². The minimum atomic E-state index is 0.00548. The second-order valence-corrected chi connectivity index (χ2v) is 5.53. The lowest BCUT2D eigenvalue weighted by atomic mass is 10.1. The summed E-state index contributed by atoms with van der Waals surface area (Å²) in [6.07, 6.45) is 1.94. The predicted molar refractivity (Wildman–Crippen MR) is 88.0 cm³/mol.